The van der Waals surface area contributed by atoms with Crippen molar-refractivity contribution in [2.45, 2.75) is 51.4 Å². The molecule has 15 rings (SSSR count). The molecule has 2 atom stereocenters. The van der Waals surface area contributed by atoms with E-state index in [0.29, 0.717) is 67.3 Å². The molecule has 0 aliphatic heterocycles. The number of carbonyl (C=O) groups is 4. The molecule has 1 aliphatic rings. The Morgan fingerprint density at radius 3 is 1.18 bits per heavy atom. The Labute approximate surface area is 614 Å². The topological polar surface area (TPSA) is 336 Å². The van der Waals surface area contributed by atoms with Gasteiger partial charge in [-0.1, -0.05) is 117 Å². The maximum atomic E-state index is 13.4. The first-order valence-corrected chi connectivity index (χ1v) is 34.1. The lowest BCUT2D eigenvalue weighted by molar-refractivity contribution is 0.0889. The van der Waals surface area contributed by atoms with Crippen LogP contribution < -0.4 is 21.3 Å². The van der Waals surface area contributed by atoms with Crippen LogP contribution in [0.4, 0.5) is 17.6 Å². The lowest BCUT2D eigenvalue weighted by Crippen LogP contribution is -2.41. The first kappa shape index (κ1) is 74.1. The zero-order chi connectivity index (χ0) is 75.5. The third-order valence-electron chi connectivity index (χ3n) is 16.9. The SMILES string of the molecule is CC(C)[C@@H](CO)NC(=O)c1cc2c(/C=C/c3cccc(F)c3)n[nH]c2cn1.O=C(NC1CC1)c1cc2c(/C=C/c3cccc(F)c3)n[nH]c2cn1.O=C(NCc1ccco1)c1cc2c(/C=C/c3cccc(F)c3)n[nH]c2cn1.O=C(N[C@H](CO)c1ccccc1)c1cc2c(/C=C/c3cccc(F)c3)n[nH]c2cn1. The van der Waals surface area contributed by atoms with Gasteiger partial charge in [-0.2, -0.15) is 20.4 Å². The van der Waals surface area contributed by atoms with Gasteiger partial charge in [0.2, 0.25) is 0 Å². The Bertz CT molecular complexity index is 5610. The Morgan fingerprint density at radius 1 is 0.454 bits per heavy atom. The van der Waals surface area contributed by atoms with Crippen LogP contribution in [-0.2, 0) is 6.54 Å². The number of aliphatic hydroxyl groups excluding tert-OH is 2. The Kier molecular flexibility index (Phi) is 24.2. The number of rotatable bonds is 21. The highest BCUT2D eigenvalue weighted by Crippen LogP contribution is 2.26. The predicted molar refractivity (Wildman–Crippen MR) is 404 cm³/mol. The molecule has 9 heterocycles. The van der Waals surface area contributed by atoms with Gasteiger partial charge >= 0.3 is 0 Å². The molecular formula is C81H70F4N16O7. The summed E-state index contributed by atoms with van der Waals surface area (Å²) in [5.74, 6) is -1.69. The summed E-state index contributed by atoms with van der Waals surface area (Å²) in [5.41, 5.74) is 10.1. The van der Waals surface area contributed by atoms with Gasteiger partial charge in [0.15, 0.2) is 0 Å². The van der Waals surface area contributed by atoms with Crippen LogP contribution >= 0.6 is 0 Å². The molecule has 9 aromatic heterocycles. The summed E-state index contributed by atoms with van der Waals surface area (Å²) in [4.78, 5) is 66.3. The normalized spacial score (nSPS) is 12.6. The molecule has 5 aromatic carbocycles. The number of nitrogens with one attached hydrogen (secondary N) is 8. The highest BCUT2D eigenvalue weighted by molar-refractivity contribution is 6.01. The van der Waals surface area contributed by atoms with Crippen molar-refractivity contribution in [1.29, 1.82) is 0 Å². The number of furan rings is 1. The van der Waals surface area contributed by atoms with Crippen molar-refractivity contribution in [3.8, 4) is 0 Å². The summed E-state index contributed by atoms with van der Waals surface area (Å²) in [5, 5.41) is 61.7. The van der Waals surface area contributed by atoms with Crippen LogP contribution in [-0.4, -0.2) is 120 Å². The molecule has 4 amide bonds. The Hall–Kier alpha value is -13.7. The number of benzene rings is 5. The van der Waals surface area contributed by atoms with E-state index in [4.69, 9.17) is 4.42 Å². The van der Waals surface area contributed by atoms with Crippen molar-refractivity contribution in [2.75, 3.05) is 13.2 Å². The number of nitrogens with zero attached hydrogens (tertiary/aromatic N) is 8. The maximum absolute atomic E-state index is 13.4. The molecule has 1 aliphatic carbocycles. The number of hydrogen-bond acceptors (Lipinski definition) is 15. The molecule has 14 aromatic rings. The van der Waals surface area contributed by atoms with Gasteiger partial charge in [-0.25, -0.2) is 37.5 Å². The van der Waals surface area contributed by atoms with E-state index < -0.39 is 11.9 Å². The van der Waals surface area contributed by atoms with E-state index in [1.165, 1.54) is 54.7 Å². The van der Waals surface area contributed by atoms with Crippen LogP contribution in [0.3, 0.4) is 0 Å². The summed E-state index contributed by atoms with van der Waals surface area (Å²) in [6, 6.07) is 43.9. The number of aromatic nitrogens is 12. The largest absolute Gasteiger partial charge is 0.467 e. The molecule has 1 fully saturated rings. The highest BCUT2D eigenvalue weighted by atomic mass is 19.1. The van der Waals surface area contributed by atoms with Crippen LogP contribution in [0.1, 0.15) is 131 Å². The fourth-order valence-corrected chi connectivity index (χ4v) is 10.9. The average Bonchev–Trinajstić information content (AvgIpc) is 1.66. The van der Waals surface area contributed by atoms with Gasteiger partial charge < -0.3 is 35.9 Å². The predicted octanol–water partition coefficient (Wildman–Crippen LogP) is 13.7. The third kappa shape index (κ3) is 19.8. The molecule has 23 nitrogen and oxygen atoms in total. The van der Waals surface area contributed by atoms with E-state index in [0.717, 1.165) is 51.2 Å². The van der Waals surface area contributed by atoms with Crippen LogP contribution in [0.15, 0.2) is 199 Å². The minimum absolute atomic E-state index is 0.0985. The lowest BCUT2D eigenvalue weighted by Gasteiger charge is -2.19. The molecule has 10 N–H and O–H groups in total. The fraction of sp³-hybridized carbons (Fsp3) is 0.136. The molecule has 0 radical (unpaired) electrons. The third-order valence-corrected chi connectivity index (χ3v) is 16.9. The second-order valence-corrected chi connectivity index (χ2v) is 25.1. The van der Waals surface area contributed by atoms with E-state index in [1.54, 1.807) is 152 Å². The quantitative estimate of drug-likeness (QED) is 0.0299. The van der Waals surface area contributed by atoms with Gasteiger partial charge in [0.1, 0.15) is 51.8 Å². The molecule has 0 bridgehead atoms. The minimum Gasteiger partial charge on any atom is -0.467 e. The van der Waals surface area contributed by atoms with E-state index in [1.807, 2.05) is 50.2 Å². The van der Waals surface area contributed by atoms with Crippen LogP contribution in [0.5, 0.6) is 0 Å². The number of H-pyrrole nitrogens is 4. The summed E-state index contributed by atoms with van der Waals surface area (Å²) in [6.07, 6.45) is 23.9. The van der Waals surface area contributed by atoms with Gasteiger partial charge in [-0.15, -0.1) is 0 Å². The lowest BCUT2D eigenvalue weighted by atomic mass is 10.1. The van der Waals surface area contributed by atoms with Crippen molar-refractivity contribution >= 4 is 116 Å². The van der Waals surface area contributed by atoms with Gasteiger partial charge in [0, 0.05) is 27.6 Å². The number of fused-ring (bicyclic) bond motifs is 4. The van der Waals surface area contributed by atoms with Crippen molar-refractivity contribution in [1.82, 2.24) is 82.0 Å². The zero-order valence-corrected chi connectivity index (χ0v) is 58.0. The summed E-state index contributed by atoms with van der Waals surface area (Å²) in [6.45, 7) is 3.75. The molecule has 1 saturated carbocycles. The van der Waals surface area contributed by atoms with Gasteiger partial charge in [-0.3, -0.25) is 39.6 Å². The summed E-state index contributed by atoms with van der Waals surface area (Å²) >= 11 is 0. The minimum atomic E-state index is -0.534. The van der Waals surface area contributed by atoms with Crippen LogP contribution in [0, 0.1) is 29.2 Å². The van der Waals surface area contributed by atoms with Gasteiger partial charge in [0.05, 0.1) is 108 Å². The number of carbonyl (C=O) groups excluding carboxylic acids is 4. The zero-order valence-electron chi connectivity index (χ0n) is 58.0. The fourth-order valence-electron chi connectivity index (χ4n) is 10.9. The maximum Gasteiger partial charge on any atom is 0.270 e. The van der Waals surface area contributed by atoms with E-state index in [2.05, 4.69) is 82.0 Å². The number of hydrogen-bond donors (Lipinski definition) is 10. The van der Waals surface area contributed by atoms with Crippen molar-refractivity contribution < 1.29 is 51.4 Å². The standard InChI is InChI=1S/C23H19FN4O2.C20H15FN4O2.C20H21FN4O2.C18H15FN4O/c24-17-8-4-5-15(11-17)9-10-19-18-12-20(25-13-21(18)28-27-19)23(30)26-22(14-29)16-6-2-1-3-7-16;21-14-4-1-3-13(9-14)6-7-17-16-10-18(22-12-19(16)25-24-17)20(26)23-11-15-5-2-8-27-15;1-12(2)19(11-26)23-20(27)17-9-15-16(24-25-18(15)10-22-17)7-6-13-4-3-5-14(21)8-13;19-12-3-1-2-11(8-12)4-7-15-14-9-16(18(24)21-13-5-6-13)20-10-17(14)23-22-15/h1-13,22,29H,14H2,(H,26,30)(H,27,28);1-10,12H,11H2,(H,23,26)(H,24,25);3-10,12,19,26H,11H2,1-2H3,(H,23,27)(H,24,25);1-4,7-10,13H,5-6H2,(H,21,24)(H,22,23)/b10-9+;2*7-6+;7-4+/t22-;;19-;/m1.1./s1. The molecule has 0 spiro atoms. The number of halogens is 4. The van der Waals surface area contributed by atoms with Crippen LogP contribution in [0.25, 0.3) is 92.2 Å². The average molecular weight is 1460 g/mol. The smallest absolute Gasteiger partial charge is 0.270 e. The molecule has 544 valence electrons. The van der Waals surface area contributed by atoms with Gasteiger partial charge in [-0.05, 0) is 156 Å². The first-order valence-electron chi connectivity index (χ1n) is 34.1. The van der Waals surface area contributed by atoms with E-state index in [-0.39, 0.29) is 95.8 Å². The molecular weight excluding hydrogens is 1380 g/mol. The second kappa shape index (κ2) is 35.2. The summed E-state index contributed by atoms with van der Waals surface area (Å²) in [7, 11) is 0. The monoisotopic (exact) mass is 1450 g/mol. The van der Waals surface area contributed by atoms with Crippen LogP contribution in [0.2, 0.25) is 0 Å². The molecule has 0 saturated heterocycles. The Balaban J connectivity index is 0.000000135. The second-order valence-electron chi connectivity index (χ2n) is 25.1. The first-order chi connectivity index (χ1) is 52.5. The highest BCUT2D eigenvalue weighted by Gasteiger charge is 2.25. The number of aliphatic hydroxyl groups is 2. The number of aromatic amines is 4. The molecule has 27 heteroatoms. The molecule has 0 unspecified atom stereocenters. The summed E-state index contributed by atoms with van der Waals surface area (Å²) < 4.78 is 58.4. The van der Waals surface area contributed by atoms with Crippen molar-refractivity contribution in [3.05, 3.63) is 297 Å². The van der Waals surface area contributed by atoms with Crippen molar-refractivity contribution in [3.63, 3.8) is 0 Å². The molecule has 108 heavy (non-hydrogen) atoms. The number of pyridine rings is 4. The van der Waals surface area contributed by atoms with Gasteiger partial charge in [0.25, 0.3) is 23.6 Å². The Morgan fingerprint density at radius 2 is 0.833 bits per heavy atom. The van der Waals surface area contributed by atoms with E-state index in [9.17, 15) is 47.0 Å². The van der Waals surface area contributed by atoms with E-state index >= 15 is 0 Å². The van der Waals surface area contributed by atoms with Crippen molar-refractivity contribution in [2.24, 2.45) is 5.92 Å². The number of amides is 4.